The Morgan fingerprint density at radius 1 is 1.00 bits per heavy atom. The van der Waals surface area contributed by atoms with Crippen LogP contribution in [0.25, 0.3) is 0 Å². The summed E-state index contributed by atoms with van der Waals surface area (Å²) in [5.41, 5.74) is 2.57. The van der Waals surface area contributed by atoms with Crippen LogP contribution in [0.3, 0.4) is 0 Å². The average Bonchev–Trinajstić information content (AvgIpc) is 3.20. The van der Waals surface area contributed by atoms with Crippen molar-refractivity contribution in [2.45, 2.75) is 76.2 Å². The van der Waals surface area contributed by atoms with E-state index in [0.717, 1.165) is 24.2 Å². The molecule has 144 valence electrons. The fourth-order valence-corrected chi connectivity index (χ4v) is 11.2. The minimum absolute atomic E-state index is 0.303. The van der Waals surface area contributed by atoms with Gasteiger partial charge in [-0.25, -0.2) is 0 Å². The maximum absolute atomic E-state index is 12.3. The van der Waals surface area contributed by atoms with Gasteiger partial charge in [0.15, 0.2) is 0 Å². The lowest BCUT2D eigenvalue weighted by atomic mass is 9.46. The summed E-state index contributed by atoms with van der Waals surface area (Å²) in [6.45, 7) is 6.94. The number of ketones is 1. The van der Waals surface area contributed by atoms with Crippen LogP contribution in [0.15, 0.2) is 11.6 Å². The molecule has 1 saturated heterocycles. The number of carbonyl (C=O) groups is 1. The van der Waals surface area contributed by atoms with Gasteiger partial charge in [-0.05, 0) is 86.9 Å². The van der Waals surface area contributed by atoms with E-state index in [2.05, 4.69) is 43.4 Å². The molecule has 1 aliphatic heterocycles. The molecule has 0 amide bonds. The van der Waals surface area contributed by atoms with Gasteiger partial charge in [0, 0.05) is 17.4 Å². The molecule has 4 aliphatic carbocycles. The van der Waals surface area contributed by atoms with Gasteiger partial charge in [-0.2, -0.15) is 0 Å². The van der Waals surface area contributed by atoms with Crippen molar-refractivity contribution in [3.63, 3.8) is 0 Å². The van der Waals surface area contributed by atoms with Gasteiger partial charge in [0.05, 0.1) is 4.08 Å². The zero-order valence-electron chi connectivity index (χ0n) is 16.7. The summed E-state index contributed by atoms with van der Waals surface area (Å²) >= 11 is 4.43. The number of carbonyl (C=O) groups excluding carboxylic acids is 1. The molecule has 6 atom stereocenters. The molecule has 4 fully saturated rings. The molecular weight excluding hydrogens is 356 g/mol. The number of thioether (sulfide) groups is 2. The van der Waals surface area contributed by atoms with Crippen LogP contribution in [-0.2, 0) is 4.79 Å². The topological polar surface area (TPSA) is 17.1 Å². The van der Waals surface area contributed by atoms with Crippen molar-refractivity contribution in [3.05, 3.63) is 11.6 Å². The summed E-state index contributed by atoms with van der Waals surface area (Å²) in [6.07, 6.45) is 13.4. The standard InChI is InChI=1S/C23H34OS2/c1-15(24)18-6-7-19-17-5-4-16-14-23(25-12-13-26-23)11-10-21(16,2)20(17)8-9-22(18,19)3/h14,17-20H,4-13H2,1-3H3/t17?,18?,19?,20?,21-,22+/m0/s1. The maximum Gasteiger partial charge on any atom is 0.133 e. The predicted octanol–water partition coefficient (Wildman–Crippen LogP) is 6.33. The van der Waals surface area contributed by atoms with Crippen molar-refractivity contribution in [1.82, 2.24) is 0 Å². The molecule has 3 heteroatoms. The van der Waals surface area contributed by atoms with Crippen LogP contribution >= 0.6 is 23.5 Å². The molecule has 0 aromatic rings. The Labute approximate surface area is 167 Å². The Morgan fingerprint density at radius 2 is 1.77 bits per heavy atom. The number of allylic oxidation sites excluding steroid dienone is 1. The number of hydrogen-bond acceptors (Lipinski definition) is 3. The summed E-state index contributed by atoms with van der Waals surface area (Å²) in [6, 6.07) is 0. The van der Waals surface area contributed by atoms with Gasteiger partial charge < -0.3 is 0 Å². The van der Waals surface area contributed by atoms with Crippen LogP contribution in [-0.4, -0.2) is 21.4 Å². The molecule has 4 unspecified atom stereocenters. The molecule has 3 saturated carbocycles. The first kappa shape index (κ1) is 18.2. The Balaban J connectivity index is 1.45. The van der Waals surface area contributed by atoms with Crippen molar-refractivity contribution in [1.29, 1.82) is 0 Å². The lowest BCUT2D eigenvalue weighted by molar-refractivity contribution is -0.127. The van der Waals surface area contributed by atoms with E-state index in [1.807, 2.05) is 12.5 Å². The summed E-state index contributed by atoms with van der Waals surface area (Å²) in [5, 5.41) is 0. The molecule has 0 aromatic carbocycles. The van der Waals surface area contributed by atoms with Crippen LogP contribution in [0.4, 0.5) is 0 Å². The number of hydrogen-bond donors (Lipinski definition) is 0. The van der Waals surface area contributed by atoms with E-state index in [1.165, 1.54) is 56.5 Å². The van der Waals surface area contributed by atoms with Gasteiger partial charge in [-0.3, -0.25) is 4.79 Å². The third kappa shape index (κ3) is 2.41. The molecule has 5 aliphatic rings. The fourth-order valence-electron chi connectivity index (χ4n) is 8.05. The van der Waals surface area contributed by atoms with E-state index < -0.39 is 0 Å². The molecule has 0 bridgehead atoms. The molecule has 5 rings (SSSR count). The smallest absolute Gasteiger partial charge is 0.133 e. The van der Waals surface area contributed by atoms with Crippen molar-refractivity contribution < 1.29 is 4.79 Å². The second kappa shape index (κ2) is 6.05. The third-order valence-electron chi connectivity index (χ3n) is 9.39. The lowest BCUT2D eigenvalue weighted by Gasteiger charge is -2.59. The van der Waals surface area contributed by atoms with Gasteiger partial charge in [-0.15, -0.1) is 23.5 Å². The Morgan fingerprint density at radius 3 is 2.50 bits per heavy atom. The molecule has 1 spiro atoms. The molecule has 1 heterocycles. The second-order valence-corrected chi connectivity index (χ2v) is 13.4. The predicted molar refractivity (Wildman–Crippen MR) is 114 cm³/mol. The second-order valence-electron chi connectivity index (χ2n) is 10.3. The first-order valence-electron chi connectivity index (χ1n) is 10.9. The van der Waals surface area contributed by atoms with Crippen LogP contribution in [0, 0.1) is 34.5 Å². The van der Waals surface area contributed by atoms with Crippen LogP contribution < -0.4 is 0 Å². The zero-order valence-corrected chi connectivity index (χ0v) is 18.3. The van der Waals surface area contributed by atoms with Crippen LogP contribution in [0.2, 0.25) is 0 Å². The minimum atomic E-state index is 0.303. The first-order valence-corrected chi connectivity index (χ1v) is 12.9. The highest BCUT2D eigenvalue weighted by atomic mass is 32.2. The van der Waals surface area contributed by atoms with E-state index in [-0.39, 0.29) is 0 Å². The van der Waals surface area contributed by atoms with Gasteiger partial charge in [0.2, 0.25) is 0 Å². The molecule has 1 nitrogen and oxygen atoms in total. The number of rotatable bonds is 1. The lowest BCUT2D eigenvalue weighted by Crippen LogP contribution is -2.51. The van der Waals surface area contributed by atoms with E-state index in [1.54, 1.807) is 0 Å². The summed E-state index contributed by atoms with van der Waals surface area (Å²) in [5.74, 6) is 6.04. The van der Waals surface area contributed by atoms with Gasteiger partial charge >= 0.3 is 0 Å². The molecule has 0 radical (unpaired) electrons. The fraction of sp³-hybridized carbons (Fsp3) is 0.870. The monoisotopic (exact) mass is 390 g/mol. The summed E-state index contributed by atoms with van der Waals surface area (Å²) in [4.78, 5) is 12.3. The summed E-state index contributed by atoms with van der Waals surface area (Å²) < 4.78 is 0.429. The van der Waals surface area contributed by atoms with Crippen molar-refractivity contribution >= 4 is 29.3 Å². The minimum Gasteiger partial charge on any atom is -0.300 e. The molecule has 0 aromatic heterocycles. The molecular formula is C23H34OS2. The van der Waals surface area contributed by atoms with Crippen molar-refractivity contribution in [2.75, 3.05) is 11.5 Å². The summed E-state index contributed by atoms with van der Waals surface area (Å²) in [7, 11) is 0. The number of fused-ring (bicyclic) bond motifs is 5. The Kier molecular flexibility index (Phi) is 4.23. The Bertz CT molecular complexity index is 649. The quantitative estimate of drug-likeness (QED) is 0.487. The highest BCUT2D eigenvalue weighted by molar-refractivity contribution is 8.21. The van der Waals surface area contributed by atoms with E-state index >= 15 is 0 Å². The average molecular weight is 391 g/mol. The van der Waals surface area contributed by atoms with Crippen LogP contribution in [0.5, 0.6) is 0 Å². The third-order valence-corrected chi connectivity index (χ3v) is 12.8. The van der Waals surface area contributed by atoms with E-state index in [9.17, 15) is 4.79 Å². The van der Waals surface area contributed by atoms with E-state index in [4.69, 9.17) is 0 Å². The molecule has 26 heavy (non-hydrogen) atoms. The molecule has 0 N–H and O–H groups in total. The normalized spacial score (nSPS) is 49.3. The number of Topliss-reactive ketones (excluding diaryl/α,β-unsaturated/α-hetero) is 1. The van der Waals surface area contributed by atoms with Crippen LogP contribution in [0.1, 0.15) is 72.1 Å². The highest BCUT2D eigenvalue weighted by Crippen LogP contribution is 2.68. The van der Waals surface area contributed by atoms with Crippen molar-refractivity contribution in [2.24, 2.45) is 34.5 Å². The first-order chi connectivity index (χ1) is 12.4. The highest BCUT2D eigenvalue weighted by Gasteiger charge is 2.60. The SMILES string of the molecule is CC(=O)C1CCC2C3CCC4=CC5(CC[C@]4(C)C3CC[C@]12C)SCCS5. The van der Waals surface area contributed by atoms with Gasteiger partial charge in [0.25, 0.3) is 0 Å². The van der Waals surface area contributed by atoms with E-state index in [0.29, 0.717) is 26.6 Å². The van der Waals surface area contributed by atoms with Gasteiger partial charge in [-0.1, -0.05) is 25.5 Å². The largest absolute Gasteiger partial charge is 0.300 e. The maximum atomic E-state index is 12.3. The zero-order chi connectivity index (χ0) is 18.2. The Hall–Kier alpha value is 0.110. The van der Waals surface area contributed by atoms with Gasteiger partial charge in [0.1, 0.15) is 5.78 Å². The van der Waals surface area contributed by atoms with Crippen molar-refractivity contribution in [3.8, 4) is 0 Å².